The van der Waals surface area contributed by atoms with E-state index in [-0.39, 0.29) is 106 Å². The summed E-state index contributed by atoms with van der Waals surface area (Å²) in [5, 5.41) is 6.54. The van der Waals surface area contributed by atoms with Gasteiger partial charge in [0.1, 0.15) is 6.29 Å². The van der Waals surface area contributed by atoms with Crippen molar-refractivity contribution >= 4 is 45.8 Å². The first-order valence-electron chi connectivity index (χ1n) is 12.5. The van der Waals surface area contributed by atoms with Gasteiger partial charge in [0.05, 0.1) is 29.5 Å². The molecular weight excluding hydrogens is 629 g/mol. The van der Waals surface area contributed by atoms with Crippen molar-refractivity contribution in [2.75, 3.05) is 19.6 Å². The van der Waals surface area contributed by atoms with E-state index in [2.05, 4.69) is 15.6 Å². The van der Waals surface area contributed by atoms with Gasteiger partial charge in [-0.05, 0) is 63.5 Å². The molecule has 0 bridgehead atoms. The van der Waals surface area contributed by atoms with Crippen molar-refractivity contribution in [1.29, 1.82) is 0 Å². The summed E-state index contributed by atoms with van der Waals surface area (Å²) in [7, 11) is -5.17. The number of guanidine groups is 1. The van der Waals surface area contributed by atoms with Crippen molar-refractivity contribution < 1.29 is 134 Å². The molecule has 1 saturated carbocycles. The molecule has 3 fully saturated rings. The third-order valence-corrected chi connectivity index (χ3v) is 6.80. The smallest absolute Gasteiger partial charge is 0.759 e. The maximum Gasteiger partial charge on any atom is 1.00 e. The number of nitrogens with one attached hydrogen (secondary N) is 2. The number of carbonyl (C=O) groups excluding carboxylic acids is 3. The average Bonchev–Trinajstić information content (AvgIpc) is 3.38. The van der Waals surface area contributed by atoms with Crippen LogP contribution in [0.2, 0.25) is 0 Å². The molecule has 2 aliphatic heterocycles. The molecule has 2 amide bonds. The summed E-state index contributed by atoms with van der Waals surface area (Å²) < 4.78 is 58.2. The Hall–Kier alpha value is 0.940. The molecule has 0 aromatic heterocycles. The van der Waals surface area contributed by atoms with Crippen molar-refractivity contribution in [2.24, 2.45) is 28.3 Å². The Morgan fingerprint density at radius 1 is 1.02 bits per heavy atom. The Kier molecular flexibility index (Phi) is 28.3. The summed E-state index contributed by atoms with van der Waals surface area (Å²) in [4.78, 5) is 43.8. The first kappa shape index (κ1) is 47.3. The van der Waals surface area contributed by atoms with Crippen LogP contribution in [0.25, 0.3) is 0 Å². The largest absolute Gasteiger partial charge is 1.00 e. The molecule has 2 saturated heterocycles. The molecule has 3 rings (SSSR count). The second kappa shape index (κ2) is 25.1. The van der Waals surface area contributed by atoms with E-state index in [0.29, 0.717) is 43.9 Å². The molecule has 42 heavy (non-hydrogen) atoms. The molecule has 21 heteroatoms. The van der Waals surface area contributed by atoms with Crippen LogP contribution in [0.1, 0.15) is 57.8 Å². The molecule has 0 radical (unpaired) electrons. The van der Waals surface area contributed by atoms with Gasteiger partial charge in [0.25, 0.3) is 0 Å². The van der Waals surface area contributed by atoms with Crippen molar-refractivity contribution in [3.05, 3.63) is 0 Å². The van der Waals surface area contributed by atoms with Gasteiger partial charge in [0, 0.05) is 16.9 Å². The fourth-order valence-corrected chi connectivity index (χ4v) is 5.16. The third-order valence-electron chi connectivity index (χ3n) is 6.80. The number of hydrogen-bond acceptors (Lipinski definition) is 12. The van der Waals surface area contributed by atoms with Gasteiger partial charge in [-0.1, -0.05) is 19.3 Å². The molecule has 1 aliphatic carbocycles. The molecular formula is C21H37N6Na3O10S2. The number of imide groups is 1. The van der Waals surface area contributed by atoms with Gasteiger partial charge in [-0.3, -0.25) is 27.9 Å². The monoisotopic (exact) mass is 666 g/mol. The van der Waals surface area contributed by atoms with E-state index >= 15 is 0 Å². The quantitative estimate of drug-likeness (QED) is 0.0185. The van der Waals surface area contributed by atoms with Crippen LogP contribution in [0.5, 0.6) is 0 Å². The van der Waals surface area contributed by atoms with E-state index in [1.54, 1.807) is 0 Å². The minimum atomic E-state index is -5.17. The predicted octanol–water partition coefficient (Wildman–Crippen LogP) is -11.1. The first-order chi connectivity index (χ1) is 18.2. The third kappa shape index (κ3) is 20.1. The fourth-order valence-electron chi connectivity index (χ4n) is 5.16. The molecule has 7 N–H and O–H groups in total. The maximum atomic E-state index is 13.5. The average molecular weight is 667 g/mol. The van der Waals surface area contributed by atoms with Crippen molar-refractivity contribution in [2.45, 2.75) is 75.9 Å². The molecule has 0 aromatic carbocycles. The number of carbonyl (C=O) groups is 3. The summed E-state index contributed by atoms with van der Waals surface area (Å²) in [5.74, 6) is 0.572. The summed E-state index contributed by atoms with van der Waals surface area (Å²) in [5.41, 5.74) is 10.7. The molecule has 3 aliphatic rings. The van der Waals surface area contributed by atoms with Crippen LogP contribution in [0.15, 0.2) is 4.99 Å². The minimum absolute atomic E-state index is 0. The zero-order valence-electron chi connectivity index (χ0n) is 24.4. The van der Waals surface area contributed by atoms with E-state index in [0.717, 1.165) is 32.4 Å². The Balaban J connectivity index is -0.00000111. The Morgan fingerprint density at radius 3 is 2.02 bits per heavy atom. The van der Waals surface area contributed by atoms with Gasteiger partial charge in [-0.2, -0.15) is 0 Å². The van der Waals surface area contributed by atoms with E-state index < -0.39 is 39.9 Å². The summed E-state index contributed by atoms with van der Waals surface area (Å²) in [6, 6.07) is -1.61. The zero-order valence-corrected chi connectivity index (χ0v) is 32.1. The van der Waals surface area contributed by atoms with Crippen LogP contribution in [0.3, 0.4) is 0 Å². The number of nitrogens with two attached hydrogens (primary N) is 2. The van der Waals surface area contributed by atoms with Crippen molar-refractivity contribution in [3.8, 4) is 0 Å². The summed E-state index contributed by atoms with van der Waals surface area (Å²) >= 11 is -2.86. The first-order valence-corrected chi connectivity index (χ1v) is 14.9. The van der Waals surface area contributed by atoms with Gasteiger partial charge in [0.15, 0.2) is 5.96 Å². The summed E-state index contributed by atoms with van der Waals surface area (Å²) in [6.45, 7) is 1.91. The normalized spacial score (nSPS) is 23.9. The predicted molar refractivity (Wildman–Crippen MR) is 137 cm³/mol. The molecule has 0 aromatic rings. The minimum Gasteiger partial charge on any atom is -0.759 e. The number of aliphatic imine (C=N–C) groups is 1. The standard InChI is InChI=1S/C21H36N6O3.3Na.H2O4S.H2O3S/c22-21(23)25-10-3-7-16(13-28)27(19(29)17-8-4-9-24-17)20(30)18-11-14-5-1-2-6-15(14)12-26-18;;;;1-5(2,3)4;1-4(2)3/h13-18,24,26H,1-12H2,(H4,22,23,25);;;;(H2,1,2,3,4);(H2,1,2,3)/q;3*+1;;/p-3/t14-,15+,16-,17-,18-;;;;;/m0...../s1. The van der Waals surface area contributed by atoms with Crippen LogP contribution in [0.4, 0.5) is 0 Å². The van der Waals surface area contributed by atoms with Crippen LogP contribution in [-0.4, -0.2) is 97.6 Å². The number of piperidine rings is 1. The molecule has 0 spiro atoms. The van der Waals surface area contributed by atoms with Crippen LogP contribution in [0, 0.1) is 11.8 Å². The van der Waals surface area contributed by atoms with E-state index in [1.165, 1.54) is 24.2 Å². The Bertz CT molecular complexity index is 960. The van der Waals surface area contributed by atoms with E-state index in [9.17, 15) is 14.4 Å². The zero-order chi connectivity index (χ0) is 29.6. The van der Waals surface area contributed by atoms with Gasteiger partial charge >= 0.3 is 88.7 Å². The maximum absolute atomic E-state index is 13.5. The molecule has 6 atom stereocenters. The molecule has 226 valence electrons. The summed E-state index contributed by atoms with van der Waals surface area (Å²) in [6.07, 6.45) is 8.70. The van der Waals surface area contributed by atoms with Crippen molar-refractivity contribution in [1.82, 2.24) is 15.5 Å². The molecule has 16 nitrogen and oxygen atoms in total. The number of hydrogen-bond donors (Lipinski definition) is 5. The van der Waals surface area contributed by atoms with E-state index in [4.69, 9.17) is 42.3 Å². The number of rotatable bonds is 8. The van der Waals surface area contributed by atoms with Crippen molar-refractivity contribution in [3.63, 3.8) is 0 Å². The van der Waals surface area contributed by atoms with E-state index in [1.807, 2.05) is 0 Å². The van der Waals surface area contributed by atoms with Gasteiger partial charge < -0.3 is 45.1 Å². The molecule has 2 heterocycles. The van der Waals surface area contributed by atoms with Gasteiger partial charge in [0.2, 0.25) is 11.8 Å². The van der Waals surface area contributed by atoms with Crippen LogP contribution >= 0.6 is 0 Å². The second-order valence-corrected chi connectivity index (χ2v) is 10.7. The SMILES string of the molecule is NC(N)=NCCC[C@@H](C=O)N(C(=O)[C@@H]1CCCN1)C(=O)[C@@H]1C[C@@H]2CCCC[C@@H]2CN1.O=S(=O)([O-])[O-].O=S([O-])O.[Na+].[Na+].[Na+]. The Labute approximate surface area is 315 Å². The van der Waals surface area contributed by atoms with Crippen LogP contribution in [-0.2, 0) is 36.1 Å². The molecule has 1 unspecified atom stereocenters. The topological polar surface area (TPSA) is 284 Å². The van der Waals surface area contributed by atoms with Gasteiger partial charge in [-0.15, -0.1) is 0 Å². The number of nitrogens with zero attached hydrogens (tertiary/aromatic N) is 2. The second-order valence-electron chi connectivity index (χ2n) is 9.47. The fraction of sp³-hybridized carbons (Fsp3) is 0.810. The number of aldehydes is 1. The van der Waals surface area contributed by atoms with Crippen LogP contribution < -0.4 is 111 Å². The number of amides is 2. The number of fused-ring (bicyclic) bond motifs is 1. The van der Waals surface area contributed by atoms with Gasteiger partial charge in [-0.25, -0.2) is 4.21 Å². The Morgan fingerprint density at radius 2 is 1.55 bits per heavy atom.